The van der Waals surface area contributed by atoms with E-state index in [-0.39, 0.29) is 29.2 Å². The summed E-state index contributed by atoms with van der Waals surface area (Å²) in [5.74, 6) is -0.335. The second-order valence-corrected chi connectivity index (χ2v) is 3.12. The van der Waals surface area contributed by atoms with Gasteiger partial charge in [0.15, 0.2) is 23.5 Å². The minimum Gasteiger partial charge on any atom is -0.504 e. The van der Waals surface area contributed by atoms with Crippen molar-refractivity contribution in [2.75, 3.05) is 13.6 Å². The maximum Gasteiger partial charge on any atom is 0.196 e. The summed E-state index contributed by atoms with van der Waals surface area (Å²) in [6, 6.07) is 3.18. The Hall–Kier alpha value is -1.88. The van der Waals surface area contributed by atoms with Gasteiger partial charge in [0.25, 0.3) is 0 Å². The van der Waals surface area contributed by atoms with Crippen LogP contribution < -0.4 is 5.32 Å². The van der Waals surface area contributed by atoms with E-state index in [0.29, 0.717) is 5.52 Å². The highest BCUT2D eigenvalue weighted by Crippen LogP contribution is 2.27. The summed E-state index contributed by atoms with van der Waals surface area (Å²) < 4.78 is 4.98. The van der Waals surface area contributed by atoms with Crippen molar-refractivity contribution in [3.8, 4) is 5.75 Å². The molecule has 0 spiro atoms. The van der Waals surface area contributed by atoms with Crippen molar-refractivity contribution in [1.29, 1.82) is 0 Å². The summed E-state index contributed by atoms with van der Waals surface area (Å²) in [6.07, 6.45) is 1.23. The van der Waals surface area contributed by atoms with Crippen molar-refractivity contribution in [2.24, 2.45) is 0 Å². The number of oxazole rings is 1. The van der Waals surface area contributed by atoms with Gasteiger partial charge in [-0.15, -0.1) is 0 Å². The first-order chi connectivity index (χ1) is 7.24. The molecule has 1 aromatic carbocycles. The van der Waals surface area contributed by atoms with Crippen LogP contribution in [0, 0.1) is 0 Å². The first-order valence-electron chi connectivity index (χ1n) is 4.47. The van der Waals surface area contributed by atoms with E-state index < -0.39 is 0 Å². The molecule has 5 nitrogen and oxygen atoms in total. The number of ketones is 1. The molecule has 0 amide bonds. The number of carbonyl (C=O) groups excluding carboxylic acids is 1. The summed E-state index contributed by atoms with van der Waals surface area (Å²) in [5.41, 5.74) is 1.03. The number of aromatic hydroxyl groups is 1. The molecule has 0 atom stereocenters. The Morgan fingerprint density at radius 3 is 3.13 bits per heavy atom. The Labute approximate surface area is 85.7 Å². The highest BCUT2D eigenvalue weighted by Gasteiger charge is 2.15. The van der Waals surface area contributed by atoms with Crippen molar-refractivity contribution in [2.45, 2.75) is 0 Å². The first kappa shape index (κ1) is 9.67. The second kappa shape index (κ2) is 3.70. The van der Waals surface area contributed by atoms with E-state index in [0.717, 1.165) is 0 Å². The summed E-state index contributed by atoms with van der Waals surface area (Å²) in [4.78, 5) is 15.4. The molecular weight excluding hydrogens is 196 g/mol. The molecule has 5 heteroatoms. The molecular formula is C10H10N2O3. The predicted molar refractivity (Wildman–Crippen MR) is 53.9 cm³/mol. The molecule has 2 aromatic rings. The molecule has 2 N–H and O–H groups in total. The molecule has 1 heterocycles. The molecule has 0 aliphatic rings. The molecule has 0 radical (unpaired) electrons. The lowest BCUT2D eigenvalue weighted by atomic mass is 10.1. The van der Waals surface area contributed by atoms with Crippen molar-refractivity contribution < 1.29 is 14.3 Å². The van der Waals surface area contributed by atoms with Crippen molar-refractivity contribution in [1.82, 2.24) is 10.3 Å². The van der Waals surface area contributed by atoms with Crippen LogP contribution in [0.5, 0.6) is 5.75 Å². The maximum atomic E-state index is 11.5. The Morgan fingerprint density at radius 1 is 1.60 bits per heavy atom. The van der Waals surface area contributed by atoms with E-state index in [2.05, 4.69) is 10.3 Å². The van der Waals surface area contributed by atoms with Crippen LogP contribution in [-0.2, 0) is 0 Å². The fourth-order valence-electron chi connectivity index (χ4n) is 1.39. The van der Waals surface area contributed by atoms with Gasteiger partial charge < -0.3 is 14.8 Å². The molecule has 78 valence electrons. The van der Waals surface area contributed by atoms with Crippen LogP contribution in [0.25, 0.3) is 11.1 Å². The summed E-state index contributed by atoms with van der Waals surface area (Å²) >= 11 is 0. The van der Waals surface area contributed by atoms with Crippen LogP contribution in [-0.4, -0.2) is 29.5 Å². The van der Waals surface area contributed by atoms with Gasteiger partial charge in [0, 0.05) is 0 Å². The third-order valence-electron chi connectivity index (χ3n) is 2.11. The van der Waals surface area contributed by atoms with Crippen LogP contribution >= 0.6 is 0 Å². The third-order valence-corrected chi connectivity index (χ3v) is 2.11. The number of hydrogen-bond acceptors (Lipinski definition) is 5. The molecule has 15 heavy (non-hydrogen) atoms. The predicted octanol–water partition coefficient (Wildman–Crippen LogP) is 0.935. The number of phenolic OH excluding ortho intramolecular Hbond substituents is 1. The van der Waals surface area contributed by atoms with Gasteiger partial charge in [-0.25, -0.2) is 4.98 Å². The number of phenols is 1. The van der Waals surface area contributed by atoms with Gasteiger partial charge in [0.2, 0.25) is 0 Å². The fraction of sp³-hybridized carbons (Fsp3) is 0.200. The Balaban J connectivity index is 2.52. The van der Waals surface area contributed by atoms with Gasteiger partial charge >= 0.3 is 0 Å². The van der Waals surface area contributed by atoms with E-state index in [1.807, 2.05) is 0 Å². The molecule has 1 aromatic heterocycles. The lowest BCUT2D eigenvalue weighted by molar-refractivity contribution is 0.0991. The van der Waals surface area contributed by atoms with Gasteiger partial charge in [0.05, 0.1) is 12.1 Å². The van der Waals surface area contributed by atoms with Crippen molar-refractivity contribution >= 4 is 16.9 Å². The van der Waals surface area contributed by atoms with E-state index in [4.69, 9.17) is 4.42 Å². The molecule has 0 saturated carbocycles. The van der Waals surface area contributed by atoms with Gasteiger partial charge in [0.1, 0.15) is 5.52 Å². The molecule has 0 saturated heterocycles. The number of rotatable bonds is 3. The minimum absolute atomic E-state index is 0.148. The normalized spacial score (nSPS) is 10.7. The van der Waals surface area contributed by atoms with Gasteiger partial charge in [-0.05, 0) is 19.2 Å². The molecule has 0 aliphatic heterocycles. The summed E-state index contributed by atoms with van der Waals surface area (Å²) in [7, 11) is 1.67. The van der Waals surface area contributed by atoms with E-state index in [9.17, 15) is 9.90 Å². The molecule has 2 rings (SSSR count). The zero-order chi connectivity index (χ0) is 10.8. The van der Waals surface area contributed by atoms with Crippen LogP contribution in [0.2, 0.25) is 0 Å². The molecule has 0 fully saturated rings. The quantitative estimate of drug-likeness (QED) is 0.731. The SMILES string of the molecule is CNCC(=O)c1ccc2ncoc2c1O. The smallest absolute Gasteiger partial charge is 0.196 e. The van der Waals surface area contributed by atoms with Gasteiger partial charge in [-0.1, -0.05) is 0 Å². The van der Waals surface area contributed by atoms with Crippen LogP contribution in [0.4, 0.5) is 0 Å². The Bertz CT molecular complexity index is 504. The van der Waals surface area contributed by atoms with Crippen LogP contribution in [0.15, 0.2) is 22.9 Å². The highest BCUT2D eigenvalue weighted by atomic mass is 16.4. The monoisotopic (exact) mass is 206 g/mol. The lowest BCUT2D eigenvalue weighted by Gasteiger charge is -2.02. The summed E-state index contributed by atoms with van der Waals surface area (Å²) in [5, 5.41) is 12.5. The fourth-order valence-corrected chi connectivity index (χ4v) is 1.39. The lowest BCUT2D eigenvalue weighted by Crippen LogP contribution is -2.18. The highest BCUT2D eigenvalue weighted by molar-refractivity contribution is 6.03. The van der Waals surface area contributed by atoms with E-state index >= 15 is 0 Å². The number of carbonyl (C=O) groups is 1. The number of benzene rings is 1. The maximum absolute atomic E-state index is 11.5. The average molecular weight is 206 g/mol. The largest absolute Gasteiger partial charge is 0.504 e. The van der Waals surface area contributed by atoms with Gasteiger partial charge in [-0.3, -0.25) is 4.79 Å². The number of fused-ring (bicyclic) bond motifs is 1. The number of aromatic nitrogens is 1. The average Bonchev–Trinajstić information content (AvgIpc) is 2.67. The van der Waals surface area contributed by atoms with Crippen molar-refractivity contribution in [3.63, 3.8) is 0 Å². The zero-order valence-corrected chi connectivity index (χ0v) is 8.15. The van der Waals surface area contributed by atoms with Crippen LogP contribution in [0.3, 0.4) is 0 Å². The molecule has 0 bridgehead atoms. The van der Waals surface area contributed by atoms with E-state index in [1.54, 1.807) is 19.2 Å². The van der Waals surface area contributed by atoms with E-state index in [1.165, 1.54) is 6.39 Å². The Kier molecular flexibility index (Phi) is 2.39. The summed E-state index contributed by atoms with van der Waals surface area (Å²) in [6.45, 7) is 0.174. The number of Topliss-reactive ketones (excluding diaryl/α,β-unsaturated/α-hetero) is 1. The number of nitrogens with zero attached hydrogens (tertiary/aromatic N) is 1. The van der Waals surface area contributed by atoms with Crippen LogP contribution in [0.1, 0.15) is 10.4 Å². The molecule has 0 aliphatic carbocycles. The Morgan fingerprint density at radius 2 is 2.40 bits per heavy atom. The zero-order valence-electron chi connectivity index (χ0n) is 8.15. The third kappa shape index (κ3) is 1.57. The first-order valence-corrected chi connectivity index (χ1v) is 4.47. The number of nitrogens with one attached hydrogen (secondary N) is 1. The number of hydrogen-bond donors (Lipinski definition) is 2. The topological polar surface area (TPSA) is 75.4 Å². The molecule has 0 unspecified atom stereocenters. The van der Waals surface area contributed by atoms with Crippen molar-refractivity contribution in [3.05, 3.63) is 24.1 Å². The minimum atomic E-state index is -0.187. The van der Waals surface area contributed by atoms with Gasteiger partial charge in [-0.2, -0.15) is 0 Å². The number of likely N-dealkylation sites (N-methyl/N-ethyl adjacent to an activating group) is 1. The second-order valence-electron chi connectivity index (χ2n) is 3.12. The standard InChI is InChI=1S/C10H10N2O3/c1-11-4-8(13)6-2-3-7-10(9(6)14)15-5-12-7/h2-3,5,11,14H,4H2,1H3.